The van der Waals surface area contributed by atoms with Gasteiger partial charge < -0.3 is 25.1 Å². The number of carbonyl (C=O) groups excluding carboxylic acids is 2. The van der Waals surface area contributed by atoms with Crippen LogP contribution >= 0.6 is 0 Å². The van der Waals surface area contributed by atoms with Gasteiger partial charge in [0.25, 0.3) is 0 Å². The third-order valence-electron chi connectivity index (χ3n) is 4.88. The predicted molar refractivity (Wildman–Crippen MR) is 109 cm³/mol. The molecular weight excluding hydrogens is 370 g/mol. The number of aromatic amines is 1. The number of carbonyl (C=O) groups is 2. The monoisotopic (exact) mass is 391 g/mol. The second-order valence-electron chi connectivity index (χ2n) is 6.56. The van der Waals surface area contributed by atoms with Crippen molar-refractivity contribution in [2.24, 2.45) is 0 Å². The molecule has 7 nitrogen and oxygen atoms in total. The van der Waals surface area contributed by atoms with Gasteiger partial charge in [-0.3, -0.25) is 0 Å². The molecule has 0 radical (unpaired) electrons. The van der Waals surface area contributed by atoms with E-state index in [0.717, 1.165) is 16.5 Å². The smallest absolute Gasteiger partial charge is 0.338 e. The Balaban J connectivity index is 1.90. The van der Waals surface area contributed by atoms with Crippen molar-refractivity contribution >= 4 is 28.6 Å². The molecule has 0 saturated heterocycles. The van der Waals surface area contributed by atoms with Gasteiger partial charge in [-0.1, -0.05) is 18.2 Å². The fraction of sp³-hybridized carbons (Fsp3) is 0.182. The molecule has 0 spiro atoms. The lowest BCUT2D eigenvalue weighted by Crippen LogP contribution is -2.45. The van der Waals surface area contributed by atoms with Crippen molar-refractivity contribution in [2.75, 3.05) is 13.7 Å². The fourth-order valence-electron chi connectivity index (χ4n) is 3.54. The van der Waals surface area contributed by atoms with E-state index in [0.29, 0.717) is 22.6 Å². The van der Waals surface area contributed by atoms with Crippen LogP contribution in [0.1, 0.15) is 24.1 Å². The highest BCUT2D eigenvalue weighted by molar-refractivity contribution is 6.05. The molecule has 29 heavy (non-hydrogen) atoms. The van der Waals surface area contributed by atoms with Gasteiger partial charge in [-0.05, 0) is 42.8 Å². The molecule has 0 fully saturated rings. The molecular formula is C22H21N3O4. The molecule has 148 valence electrons. The Morgan fingerprint density at radius 2 is 1.86 bits per heavy atom. The van der Waals surface area contributed by atoms with Gasteiger partial charge in [0.1, 0.15) is 5.75 Å². The quantitative estimate of drug-likeness (QED) is 0.581. The van der Waals surface area contributed by atoms with E-state index >= 15 is 0 Å². The average Bonchev–Trinajstić information content (AvgIpc) is 3.17. The minimum Gasteiger partial charge on any atom is -0.497 e. The fourth-order valence-corrected chi connectivity index (χ4v) is 3.54. The van der Waals surface area contributed by atoms with Gasteiger partial charge in [0, 0.05) is 22.7 Å². The summed E-state index contributed by atoms with van der Waals surface area (Å²) in [7, 11) is 1.58. The number of urea groups is 1. The number of aromatic nitrogens is 1. The van der Waals surface area contributed by atoms with Crippen molar-refractivity contribution in [3.63, 3.8) is 0 Å². The topological polar surface area (TPSA) is 92.4 Å². The number of rotatable bonds is 5. The number of ether oxygens (including phenoxy) is 2. The van der Waals surface area contributed by atoms with Crippen LogP contribution in [0.3, 0.4) is 0 Å². The molecule has 0 saturated carbocycles. The summed E-state index contributed by atoms with van der Waals surface area (Å²) in [6.07, 6.45) is 1.81. The molecule has 1 unspecified atom stereocenters. The van der Waals surface area contributed by atoms with Crippen molar-refractivity contribution in [1.29, 1.82) is 0 Å². The van der Waals surface area contributed by atoms with Crippen LogP contribution in [-0.4, -0.2) is 30.7 Å². The first-order chi connectivity index (χ1) is 14.1. The number of nitrogens with one attached hydrogen (secondary N) is 3. The summed E-state index contributed by atoms with van der Waals surface area (Å²) in [5.74, 6) is 0.196. The summed E-state index contributed by atoms with van der Waals surface area (Å²) in [5, 5.41) is 6.57. The summed E-state index contributed by atoms with van der Waals surface area (Å²) >= 11 is 0. The number of hydrogen-bond acceptors (Lipinski definition) is 4. The van der Waals surface area contributed by atoms with Crippen molar-refractivity contribution in [2.45, 2.75) is 13.0 Å². The number of fused-ring (bicyclic) bond motifs is 1. The van der Waals surface area contributed by atoms with Gasteiger partial charge in [-0.2, -0.15) is 0 Å². The van der Waals surface area contributed by atoms with E-state index < -0.39 is 12.0 Å². The van der Waals surface area contributed by atoms with Gasteiger partial charge in [-0.15, -0.1) is 0 Å². The Labute approximate surface area is 167 Å². The zero-order chi connectivity index (χ0) is 20.4. The first-order valence-corrected chi connectivity index (χ1v) is 9.31. The zero-order valence-corrected chi connectivity index (χ0v) is 16.1. The molecule has 3 aromatic rings. The van der Waals surface area contributed by atoms with E-state index in [4.69, 9.17) is 9.47 Å². The second kappa shape index (κ2) is 7.71. The Hall–Kier alpha value is -3.74. The Morgan fingerprint density at radius 1 is 1.10 bits per heavy atom. The highest BCUT2D eigenvalue weighted by Crippen LogP contribution is 2.35. The van der Waals surface area contributed by atoms with Crippen molar-refractivity contribution in [3.8, 4) is 5.75 Å². The number of H-pyrrole nitrogens is 1. The number of para-hydroxylation sites is 1. The second-order valence-corrected chi connectivity index (χ2v) is 6.56. The summed E-state index contributed by atoms with van der Waals surface area (Å²) in [6.45, 7) is 1.98. The van der Waals surface area contributed by atoms with Crippen LogP contribution in [0.5, 0.6) is 5.75 Å². The minimum atomic E-state index is -0.656. The summed E-state index contributed by atoms with van der Waals surface area (Å²) in [4.78, 5) is 28.6. The van der Waals surface area contributed by atoms with E-state index in [9.17, 15) is 9.59 Å². The van der Waals surface area contributed by atoms with E-state index in [1.807, 2.05) is 30.5 Å². The van der Waals surface area contributed by atoms with Gasteiger partial charge in [0.15, 0.2) is 0 Å². The van der Waals surface area contributed by atoms with Gasteiger partial charge in [0.05, 0.1) is 31.0 Å². The molecule has 3 N–H and O–H groups in total. The van der Waals surface area contributed by atoms with Crippen LogP contribution < -0.4 is 15.4 Å². The molecule has 1 aromatic heterocycles. The first kappa shape index (κ1) is 18.6. The number of methoxy groups -OCH3 is 1. The van der Waals surface area contributed by atoms with E-state index in [1.54, 1.807) is 38.3 Å². The zero-order valence-electron chi connectivity index (χ0n) is 16.1. The van der Waals surface area contributed by atoms with E-state index in [1.165, 1.54) is 0 Å². The maximum absolute atomic E-state index is 12.9. The maximum atomic E-state index is 12.9. The molecule has 0 aliphatic carbocycles. The lowest BCUT2D eigenvalue weighted by molar-refractivity contribution is -0.138. The van der Waals surface area contributed by atoms with Crippen LogP contribution in [0.15, 0.2) is 60.3 Å². The van der Waals surface area contributed by atoms with E-state index in [-0.39, 0.29) is 12.6 Å². The predicted octanol–water partition coefficient (Wildman–Crippen LogP) is 3.50. The maximum Gasteiger partial charge on any atom is 0.338 e. The van der Waals surface area contributed by atoms with Gasteiger partial charge in [-0.25, -0.2) is 9.59 Å². The average molecular weight is 391 g/mol. The lowest BCUT2D eigenvalue weighted by atomic mass is 9.92. The van der Waals surface area contributed by atoms with Crippen LogP contribution in [0.2, 0.25) is 0 Å². The van der Waals surface area contributed by atoms with Crippen molar-refractivity contribution in [1.82, 2.24) is 15.6 Å². The third kappa shape index (κ3) is 3.42. The Kier molecular flexibility index (Phi) is 4.95. The number of benzene rings is 2. The Morgan fingerprint density at radius 3 is 2.59 bits per heavy atom. The highest BCUT2D eigenvalue weighted by atomic mass is 16.5. The first-order valence-electron chi connectivity index (χ1n) is 9.31. The lowest BCUT2D eigenvalue weighted by Gasteiger charge is -2.29. The normalized spacial score (nSPS) is 16.3. The highest BCUT2D eigenvalue weighted by Gasteiger charge is 2.35. The van der Waals surface area contributed by atoms with Gasteiger partial charge in [0.2, 0.25) is 0 Å². The Bertz CT molecular complexity index is 1100. The molecule has 1 aliphatic rings. The molecule has 2 aromatic carbocycles. The molecule has 2 heterocycles. The van der Waals surface area contributed by atoms with E-state index in [2.05, 4.69) is 15.6 Å². The largest absolute Gasteiger partial charge is 0.497 e. The molecule has 4 rings (SSSR count). The van der Waals surface area contributed by atoms with Crippen molar-refractivity contribution < 1.29 is 19.1 Å². The number of hydrogen-bond donors (Lipinski definition) is 3. The standard InChI is InChI=1S/C22H21N3O4/c1-3-29-21(26)18-19(13-8-10-14(28-2)11-9-13)24-22(27)25-20(18)16-12-23-17-7-5-4-6-15(16)17/h4-12,20,23H,3H2,1-2H3,(H2,24,25,27). The molecule has 0 bridgehead atoms. The van der Waals surface area contributed by atoms with Crippen LogP contribution in [0.4, 0.5) is 4.79 Å². The molecule has 1 atom stereocenters. The minimum absolute atomic E-state index is 0.229. The number of amides is 2. The molecule has 7 heteroatoms. The van der Waals surface area contributed by atoms with Crippen molar-refractivity contribution in [3.05, 3.63) is 71.4 Å². The summed E-state index contributed by atoms with van der Waals surface area (Å²) in [5.41, 5.74) is 3.18. The SMILES string of the molecule is CCOC(=O)C1=C(c2ccc(OC)cc2)NC(=O)NC1c1c[nH]c2ccccc12. The number of esters is 1. The molecule has 2 amide bonds. The summed E-state index contributed by atoms with van der Waals surface area (Å²) < 4.78 is 10.5. The van der Waals surface area contributed by atoms with Gasteiger partial charge >= 0.3 is 12.0 Å². The van der Waals surface area contributed by atoms with Crippen LogP contribution in [-0.2, 0) is 9.53 Å². The third-order valence-corrected chi connectivity index (χ3v) is 4.88. The molecule has 1 aliphatic heterocycles. The van der Waals surface area contributed by atoms with Crippen LogP contribution in [0, 0.1) is 0 Å². The van der Waals surface area contributed by atoms with Crippen LogP contribution in [0.25, 0.3) is 16.6 Å². The summed E-state index contributed by atoms with van der Waals surface area (Å²) in [6, 6.07) is 13.8.